The fourth-order valence-corrected chi connectivity index (χ4v) is 2.96. The number of halogens is 3. The summed E-state index contributed by atoms with van der Waals surface area (Å²) in [5.41, 5.74) is 1.43. The van der Waals surface area contributed by atoms with E-state index in [1.165, 1.54) is 17.4 Å². The molecule has 18 heavy (non-hydrogen) atoms. The first-order valence-electron chi connectivity index (χ1n) is 5.34. The van der Waals surface area contributed by atoms with Gasteiger partial charge in [-0.15, -0.1) is 11.3 Å². The minimum atomic E-state index is -0.909. The molecule has 1 aromatic heterocycles. The normalized spacial score (nSPS) is 12.7. The quantitative estimate of drug-likeness (QED) is 0.894. The largest absolute Gasteiger partial charge is 0.387 e. The van der Waals surface area contributed by atoms with Crippen molar-refractivity contribution >= 4 is 22.9 Å². The van der Waals surface area contributed by atoms with Gasteiger partial charge in [0.15, 0.2) is 11.6 Å². The lowest BCUT2D eigenvalue weighted by atomic mass is 10.1. The van der Waals surface area contributed by atoms with Crippen molar-refractivity contribution in [1.29, 1.82) is 0 Å². The maximum Gasteiger partial charge on any atom is 0.159 e. The molecule has 0 fully saturated rings. The third-order valence-corrected chi connectivity index (χ3v) is 4.46. The van der Waals surface area contributed by atoms with E-state index in [-0.39, 0.29) is 6.42 Å². The van der Waals surface area contributed by atoms with Gasteiger partial charge in [0.05, 0.1) is 16.0 Å². The summed E-state index contributed by atoms with van der Waals surface area (Å²) in [5, 5.41) is 12.4. The lowest BCUT2D eigenvalue weighted by molar-refractivity contribution is 0.182. The lowest BCUT2D eigenvalue weighted by Gasteiger charge is -2.10. The average Bonchev–Trinajstić information content (AvgIpc) is 2.65. The van der Waals surface area contributed by atoms with Crippen molar-refractivity contribution in [2.75, 3.05) is 0 Å². The number of hydrogen-bond acceptors (Lipinski definition) is 2. The van der Waals surface area contributed by atoms with Crippen LogP contribution in [0.4, 0.5) is 8.78 Å². The molecule has 0 aliphatic rings. The van der Waals surface area contributed by atoms with Crippen molar-refractivity contribution in [1.82, 2.24) is 0 Å². The summed E-state index contributed by atoms with van der Waals surface area (Å²) in [7, 11) is 0. The molecule has 0 radical (unpaired) electrons. The van der Waals surface area contributed by atoms with E-state index in [2.05, 4.69) is 0 Å². The zero-order chi connectivity index (χ0) is 13.3. The zero-order valence-electron chi connectivity index (χ0n) is 9.58. The number of aliphatic hydroxyl groups excluding tert-OH is 1. The SMILES string of the molecule is Cc1csc(C(O)Cc2ccc(F)c(F)c2)c1Cl. The summed E-state index contributed by atoms with van der Waals surface area (Å²) in [4.78, 5) is 0.652. The fraction of sp³-hybridized carbons (Fsp3) is 0.231. The van der Waals surface area contributed by atoms with Gasteiger partial charge in [-0.2, -0.15) is 0 Å². The van der Waals surface area contributed by atoms with Crippen LogP contribution in [0.15, 0.2) is 23.6 Å². The van der Waals surface area contributed by atoms with Gasteiger partial charge in [-0.05, 0) is 35.6 Å². The van der Waals surface area contributed by atoms with Crippen molar-refractivity contribution in [3.63, 3.8) is 0 Å². The number of aryl methyl sites for hydroxylation is 1. The van der Waals surface area contributed by atoms with Gasteiger partial charge in [0, 0.05) is 6.42 Å². The molecule has 0 saturated carbocycles. The van der Waals surface area contributed by atoms with Gasteiger partial charge in [0.25, 0.3) is 0 Å². The molecule has 1 atom stereocenters. The van der Waals surface area contributed by atoms with Crippen LogP contribution in [-0.4, -0.2) is 5.11 Å². The Morgan fingerprint density at radius 3 is 2.61 bits per heavy atom. The van der Waals surface area contributed by atoms with Gasteiger partial charge in [-0.25, -0.2) is 8.78 Å². The molecule has 2 rings (SSSR count). The van der Waals surface area contributed by atoms with Gasteiger partial charge >= 0.3 is 0 Å². The molecule has 2 aromatic rings. The van der Waals surface area contributed by atoms with E-state index in [4.69, 9.17) is 11.6 Å². The van der Waals surface area contributed by atoms with Crippen LogP contribution < -0.4 is 0 Å². The first-order chi connectivity index (χ1) is 8.49. The minimum Gasteiger partial charge on any atom is -0.387 e. The monoisotopic (exact) mass is 288 g/mol. The summed E-state index contributed by atoms with van der Waals surface area (Å²) in [6, 6.07) is 3.60. The molecule has 1 aromatic carbocycles. The highest BCUT2D eigenvalue weighted by molar-refractivity contribution is 7.10. The highest BCUT2D eigenvalue weighted by atomic mass is 35.5. The van der Waals surface area contributed by atoms with Gasteiger partial charge in [0.1, 0.15) is 0 Å². The van der Waals surface area contributed by atoms with Gasteiger partial charge in [-0.3, -0.25) is 0 Å². The Morgan fingerprint density at radius 1 is 1.33 bits per heavy atom. The number of rotatable bonds is 3. The standard InChI is InChI=1S/C13H11ClF2OS/c1-7-6-18-13(12(7)14)11(17)5-8-2-3-9(15)10(16)4-8/h2-4,6,11,17H,5H2,1H3. The zero-order valence-corrected chi connectivity index (χ0v) is 11.2. The molecule has 1 unspecified atom stereocenters. The Labute approximate surface area is 113 Å². The highest BCUT2D eigenvalue weighted by Gasteiger charge is 2.16. The van der Waals surface area contributed by atoms with Crippen molar-refractivity contribution in [2.45, 2.75) is 19.4 Å². The molecule has 96 valence electrons. The molecular formula is C13H11ClF2OS. The van der Waals surface area contributed by atoms with E-state index < -0.39 is 17.7 Å². The molecule has 1 heterocycles. The summed E-state index contributed by atoms with van der Waals surface area (Å²) in [6.45, 7) is 1.85. The first kappa shape index (κ1) is 13.5. The van der Waals surface area contributed by atoms with Crippen LogP contribution in [0.25, 0.3) is 0 Å². The molecular weight excluding hydrogens is 278 g/mol. The summed E-state index contributed by atoms with van der Waals surface area (Å²) >= 11 is 7.40. The van der Waals surface area contributed by atoms with Gasteiger partial charge < -0.3 is 5.11 Å². The first-order valence-corrected chi connectivity index (χ1v) is 6.60. The van der Waals surface area contributed by atoms with Gasteiger partial charge in [0.2, 0.25) is 0 Å². The molecule has 0 bridgehead atoms. The van der Waals surface area contributed by atoms with Crippen LogP contribution in [0.5, 0.6) is 0 Å². The molecule has 1 N–H and O–H groups in total. The number of hydrogen-bond donors (Lipinski definition) is 1. The van der Waals surface area contributed by atoms with E-state index in [0.29, 0.717) is 15.5 Å². The highest BCUT2D eigenvalue weighted by Crippen LogP contribution is 2.34. The second kappa shape index (κ2) is 5.34. The lowest BCUT2D eigenvalue weighted by Crippen LogP contribution is -2.01. The van der Waals surface area contributed by atoms with E-state index in [0.717, 1.165) is 17.7 Å². The third-order valence-electron chi connectivity index (χ3n) is 2.64. The van der Waals surface area contributed by atoms with E-state index >= 15 is 0 Å². The molecule has 0 spiro atoms. The third kappa shape index (κ3) is 2.71. The predicted octanol–water partition coefficient (Wildman–Crippen LogP) is 4.26. The Kier molecular flexibility index (Phi) is 4.00. The molecule has 5 heteroatoms. The topological polar surface area (TPSA) is 20.2 Å². The minimum absolute atomic E-state index is 0.205. The van der Waals surface area contributed by atoms with E-state index in [9.17, 15) is 13.9 Å². The summed E-state index contributed by atoms with van der Waals surface area (Å²) in [6.07, 6.45) is -0.599. The Morgan fingerprint density at radius 2 is 2.06 bits per heavy atom. The predicted molar refractivity (Wildman–Crippen MR) is 69.1 cm³/mol. The summed E-state index contributed by atoms with van der Waals surface area (Å²) < 4.78 is 25.8. The van der Waals surface area contributed by atoms with Crippen molar-refractivity contribution in [2.24, 2.45) is 0 Å². The van der Waals surface area contributed by atoms with Crippen molar-refractivity contribution in [3.8, 4) is 0 Å². The second-order valence-corrected chi connectivity index (χ2v) is 5.35. The van der Waals surface area contributed by atoms with Crippen LogP contribution in [0.2, 0.25) is 5.02 Å². The smallest absolute Gasteiger partial charge is 0.159 e. The molecule has 0 amide bonds. The van der Waals surface area contributed by atoms with Crippen molar-refractivity contribution in [3.05, 3.63) is 56.2 Å². The van der Waals surface area contributed by atoms with E-state index in [1.54, 1.807) is 0 Å². The summed E-state index contributed by atoms with van der Waals surface area (Å²) in [5.74, 6) is -1.80. The van der Waals surface area contributed by atoms with Crippen molar-refractivity contribution < 1.29 is 13.9 Å². The Bertz CT molecular complexity index is 568. The fourth-order valence-electron chi connectivity index (χ4n) is 1.66. The van der Waals surface area contributed by atoms with Crippen LogP contribution in [-0.2, 0) is 6.42 Å². The Balaban J connectivity index is 2.18. The number of benzene rings is 1. The maximum atomic E-state index is 13.0. The van der Waals surface area contributed by atoms with E-state index in [1.807, 2.05) is 12.3 Å². The molecule has 0 aliphatic heterocycles. The number of aliphatic hydroxyl groups is 1. The van der Waals surface area contributed by atoms with Gasteiger partial charge in [-0.1, -0.05) is 17.7 Å². The second-order valence-electron chi connectivity index (χ2n) is 4.07. The average molecular weight is 289 g/mol. The van der Waals surface area contributed by atoms with Crippen LogP contribution in [0.1, 0.15) is 22.1 Å². The molecule has 1 nitrogen and oxygen atoms in total. The molecule has 0 saturated heterocycles. The molecule has 0 aliphatic carbocycles. The maximum absolute atomic E-state index is 13.0. The van der Waals surface area contributed by atoms with Crippen LogP contribution >= 0.6 is 22.9 Å². The van der Waals surface area contributed by atoms with Crippen LogP contribution in [0, 0.1) is 18.6 Å². The Hall–Kier alpha value is -0.970. The van der Waals surface area contributed by atoms with Crippen LogP contribution in [0.3, 0.4) is 0 Å². The number of thiophene rings is 1.